The number of nitrogens with two attached hydrogens (primary N) is 1. The van der Waals surface area contributed by atoms with Crippen LogP contribution in [-0.4, -0.2) is 14.0 Å². The van der Waals surface area contributed by atoms with Crippen molar-refractivity contribution in [3.05, 3.63) is 0 Å². The Kier molecular flexibility index (Phi) is 2.43. The van der Waals surface area contributed by atoms with Crippen LogP contribution in [0.5, 0.6) is 0 Å². The van der Waals surface area contributed by atoms with Gasteiger partial charge in [-0.05, 0) is 0 Å². The first-order chi connectivity index (χ1) is 3.85. The average Bonchev–Trinajstić information content (AvgIpc) is 1.62. The molecular formula is C6H15NOSi. The van der Waals surface area contributed by atoms with Crippen molar-refractivity contribution in [2.45, 2.75) is 32.1 Å². The summed E-state index contributed by atoms with van der Waals surface area (Å²) in [5, 5.41) is 0. The highest BCUT2D eigenvalue weighted by Gasteiger charge is 2.26. The molecule has 2 nitrogen and oxygen atoms in total. The molecular weight excluding hydrogens is 130 g/mol. The minimum absolute atomic E-state index is 0.0949. The van der Waals surface area contributed by atoms with Crippen LogP contribution in [0.2, 0.25) is 25.2 Å². The van der Waals surface area contributed by atoms with Crippen LogP contribution in [-0.2, 0) is 4.79 Å². The highest BCUT2D eigenvalue weighted by atomic mass is 28.3. The Labute approximate surface area is 57.4 Å². The van der Waals surface area contributed by atoms with Crippen molar-refractivity contribution in [1.29, 1.82) is 0 Å². The third-order valence-electron chi connectivity index (χ3n) is 1.73. The molecule has 3 heteroatoms. The first-order valence-electron chi connectivity index (χ1n) is 3.15. The summed E-state index contributed by atoms with van der Waals surface area (Å²) in [6, 6.07) is 0. The summed E-state index contributed by atoms with van der Waals surface area (Å²) in [7, 11) is -1.30. The molecule has 1 amide bonds. The molecule has 0 aromatic rings. The summed E-state index contributed by atoms with van der Waals surface area (Å²) < 4.78 is 0. The second-order valence-corrected chi connectivity index (χ2v) is 9.09. The minimum Gasteiger partial charge on any atom is -0.370 e. The van der Waals surface area contributed by atoms with Gasteiger partial charge < -0.3 is 5.73 Å². The van der Waals surface area contributed by atoms with Crippen LogP contribution in [0.25, 0.3) is 0 Å². The van der Waals surface area contributed by atoms with Crippen molar-refractivity contribution in [3.63, 3.8) is 0 Å². The van der Waals surface area contributed by atoms with Gasteiger partial charge in [0.15, 0.2) is 0 Å². The third kappa shape index (κ3) is 2.65. The Hall–Kier alpha value is -0.313. The van der Waals surface area contributed by atoms with E-state index in [1.807, 2.05) is 6.92 Å². The van der Waals surface area contributed by atoms with Gasteiger partial charge in [-0.1, -0.05) is 26.6 Å². The average molecular weight is 145 g/mol. The fourth-order valence-corrected chi connectivity index (χ4v) is 1.28. The summed E-state index contributed by atoms with van der Waals surface area (Å²) in [5.41, 5.74) is 5.21. The maximum atomic E-state index is 10.6. The van der Waals surface area contributed by atoms with Crippen LogP contribution in [0.3, 0.4) is 0 Å². The van der Waals surface area contributed by atoms with Gasteiger partial charge in [0.1, 0.15) is 0 Å². The zero-order chi connectivity index (χ0) is 7.65. The molecule has 0 aliphatic heterocycles. The van der Waals surface area contributed by atoms with E-state index in [1.54, 1.807) is 0 Å². The van der Waals surface area contributed by atoms with E-state index in [4.69, 9.17) is 5.73 Å². The van der Waals surface area contributed by atoms with Gasteiger partial charge in [0.25, 0.3) is 0 Å². The Morgan fingerprint density at radius 1 is 1.44 bits per heavy atom. The number of amides is 1. The highest BCUT2D eigenvalue weighted by molar-refractivity contribution is 6.80. The summed E-state index contributed by atoms with van der Waals surface area (Å²) in [5.74, 6) is -0.158. The molecule has 0 radical (unpaired) electrons. The molecule has 0 heterocycles. The number of carbonyl (C=O) groups is 1. The van der Waals surface area contributed by atoms with Gasteiger partial charge in [-0.15, -0.1) is 0 Å². The molecule has 0 aromatic carbocycles. The van der Waals surface area contributed by atoms with Crippen molar-refractivity contribution in [2.75, 3.05) is 0 Å². The molecule has 1 unspecified atom stereocenters. The molecule has 0 saturated heterocycles. The molecule has 0 bridgehead atoms. The predicted octanol–water partition coefficient (Wildman–Crippen LogP) is 1.20. The zero-order valence-corrected chi connectivity index (χ0v) is 7.56. The van der Waals surface area contributed by atoms with Gasteiger partial charge in [0.2, 0.25) is 5.91 Å². The quantitative estimate of drug-likeness (QED) is 0.583. The lowest BCUT2D eigenvalue weighted by atomic mass is 10.5. The molecule has 2 N–H and O–H groups in total. The first kappa shape index (κ1) is 8.69. The molecule has 0 fully saturated rings. The maximum absolute atomic E-state index is 10.6. The number of hydrogen-bond acceptors (Lipinski definition) is 1. The van der Waals surface area contributed by atoms with E-state index in [1.165, 1.54) is 0 Å². The Bertz CT molecular complexity index is 117. The summed E-state index contributed by atoms with van der Waals surface area (Å²) in [4.78, 5) is 10.6. The van der Waals surface area contributed by atoms with Crippen LogP contribution in [0, 0.1) is 0 Å². The summed E-state index contributed by atoms with van der Waals surface area (Å²) >= 11 is 0. The summed E-state index contributed by atoms with van der Waals surface area (Å²) in [6.45, 7) is 8.34. The van der Waals surface area contributed by atoms with E-state index in [0.717, 1.165) is 0 Å². The second kappa shape index (κ2) is 2.52. The third-order valence-corrected chi connectivity index (χ3v) is 4.61. The van der Waals surface area contributed by atoms with Gasteiger partial charge in [-0.2, -0.15) is 0 Å². The van der Waals surface area contributed by atoms with E-state index >= 15 is 0 Å². The molecule has 0 aliphatic rings. The highest BCUT2D eigenvalue weighted by Crippen LogP contribution is 2.19. The zero-order valence-electron chi connectivity index (χ0n) is 6.56. The molecule has 1 atom stereocenters. The fraction of sp³-hybridized carbons (Fsp3) is 0.833. The van der Waals surface area contributed by atoms with Gasteiger partial charge in [0, 0.05) is 5.54 Å². The molecule has 0 saturated carbocycles. The van der Waals surface area contributed by atoms with Crippen molar-refractivity contribution in [1.82, 2.24) is 0 Å². The number of rotatable bonds is 2. The fourth-order valence-electron chi connectivity index (χ4n) is 0.427. The largest absolute Gasteiger partial charge is 0.370 e. The van der Waals surface area contributed by atoms with E-state index in [2.05, 4.69) is 19.6 Å². The lowest BCUT2D eigenvalue weighted by Crippen LogP contribution is -2.35. The van der Waals surface area contributed by atoms with E-state index < -0.39 is 8.07 Å². The van der Waals surface area contributed by atoms with Gasteiger partial charge in [-0.3, -0.25) is 4.79 Å². The van der Waals surface area contributed by atoms with Gasteiger partial charge in [0.05, 0.1) is 8.07 Å². The Morgan fingerprint density at radius 3 is 1.78 bits per heavy atom. The maximum Gasteiger partial charge on any atom is 0.217 e. The second-order valence-electron chi connectivity index (χ2n) is 3.49. The Balaban J connectivity index is 4.04. The topological polar surface area (TPSA) is 43.1 Å². The minimum atomic E-state index is -1.30. The van der Waals surface area contributed by atoms with Crippen molar-refractivity contribution >= 4 is 14.0 Å². The van der Waals surface area contributed by atoms with Crippen LogP contribution in [0.1, 0.15) is 6.92 Å². The van der Waals surface area contributed by atoms with E-state index in [0.29, 0.717) is 0 Å². The predicted molar refractivity (Wildman–Crippen MR) is 42.0 cm³/mol. The van der Waals surface area contributed by atoms with Crippen LogP contribution in [0.15, 0.2) is 0 Å². The monoisotopic (exact) mass is 145 g/mol. The Morgan fingerprint density at radius 2 is 1.78 bits per heavy atom. The molecule has 0 aromatic heterocycles. The normalized spacial score (nSPS) is 15.1. The number of primary amides is 1. The standard InChI is InChI=1S/C6H15NOSi/c1-5(6(7)8)9(2,3)4/h5H,1-4H3,(H2,7,8). The molecule has 9 heavy (non-hydrogen) atoms. The van der Waals surface area contributed by atoms with Crippen LogP contribution in [0.4, 0.5) is 0 Å². The lowest BCUT2D eigenvalue weighted by molar-refractivity contribution is -0.117. The lowest BCUT2D eigenvalue weighted by Gasteiger charge is -2.21. The molecule has 54 valence electrons. The smallest absolute Gasteiger partial charge is 0.217 e. The first-order valence-corrected chi connectivity index (χ1v) is 6.72. The van der Waals surface area contributed by atoms with Crippen molar-refractivity contribution < 1.29 is 4.79 Å². The summed E-state index contributed by atoms with van der Waals surface area (Å²) in [6.07, 6.45) is 0. The molecule has 0 spiro atoms. The van der Waals surface area contributed by atoms with Crippen LogP contribution >= 0.6 is 0 Å². The molecule has 0 aliphatic carbocycles. The number of carbonyl (C=O) groups excluding carboxylic acids is 1. The van der Waals surface area contributed by atoms with Gasteiger partial charge in [-0.25, -0.2) is 0 Å². The van der Waals surface area contributed by atoms with Gasteiger partial charge >= 0.3 is 0 Å². The molecule has 0 rings (SSSR count). The van der Waals surface area contributed by atoms with E-state index in [-0.39, 0.29) is 11.4 Å². The number of hydrogen-bond donors (Lipinski definition) is 1. The van der Waals surface area contributed by atoms with Crippen molar-refractivity contribution in [3.8, 4) is 0 Å². The SMILES string of the molecule is CC(C(N)=O)[Si](C)(C)C. The van der Waals surface area contributed by atoms with Crippen molar-refractivity contribution in [2.24, 2.45) is 5.73 Å². The van der Waals surface area contributed by atoms with E-state index in [9.17, 15) is 4.79 Å². The van der Waals surface area contributed by atoms with Crippen LogP contribution < -0.4 is 5.73 Å².